The van der Waals surface area contributed by atoms with Crippen molar-refractivity contribution < 1.29 is 27.8 Å². The molecule has 10 nitrogen and oxygen atoms in total. The van der Waals surface area contributed by atoms with Crippen LogP contribution in [0.25, 0.3) is 33.1 Å². The van der Waals surface area contributed by atoms with Gasteiger partial charge in [0.15, 0.2) is 5.82 Å². The minimum absolute atomic E-state index is 0.00167. The van der Waals surface area contributed by atoms with E-state index in [-0.39, 0.29) is 47.7 Å². The number of nitrogens with zero attached hydrogens (tertiary/aromatic N) is 6. The van der Waals surface area contributed by atoms with E-state index in [2.05, 4.69) is 30.0 Å². The van der Waals surface area contributed by atoms with Crippen LogP contribution >= 0.6 is 0 Å². The standard InChI is InChI=1S/C35H38F3N7O3/c36-20-9-34(4-2-6-45(34)12-20)17-48-32-41-29-23-10-39-30(28(29)38)27-22-11-40-43-25(22)8-24(37)26(27)21-7-19(21)13-47-18-35(46)14-33(15-35)3-1-5-44(16-33)31(23)42-32/h8,10-11,19-21,46H,1-7,9,12-18H2,(H,40,43)/t19-,20+,21-,33?,34?,35?/m0/s1. The highest BCUT2D eigenvalue weighted by atomic mass is 19.1. The number of ether oxygens (including phenoxy) is 2. The number of benzene rings is 1. The van der Waals surface area contributed by atoms with Crippen molar-refractivity contribution in [3.8, 4) is 17.3 Å². The number of pyridine rings is 1. The van der Waals surface area contributed by atoms with Gasteiger partial charge in [0.25, 0.3) is 0 Å². The van der Waals surface area contributed by atoms with E-state index in [1.807, 2.05) is 0 Å². The first-order valence-corrected chi connectivity index (χ1v) is 17.3. The molecule has 0 radical (unpaired) electrons. The van der Waals surface area contributed by atoms with Gasteiger partial charge in [0.05, 0.1) is 41.5 Å². The van der Waals surface area contributed by atoms with E-state index in [0.29, 0.717) is 85.2 Å². The summed E-state index contributed by atoms with van der Waals surface area (Å²) in [5.74, 6) is -0.771. The Balaban J connectivity index is 1.14. The second-order valence-corrected chi connectivity index (χ2v) is 15.6. The fraction of sp³-hybridized carbons (Fsp3) is 0.600. The molecule has 3 saturated heterocycles. The number of anilines is 1. The van der Waals surface area contributed by atoms with E-state index < -0.39 is 28.9 Å². The van der Waals surface area contributed by atoms with E-state index in [9.17, 15) is 9.50 Å². The molecule has 2 aliphatic carbocycles. The molecule has 1 spiro atoms. The number of H-pyrrole nitrogens is 1. The molecular formula is C35H38F3N7O3. The molecule has 252 valence electrons. The maximum atomic E-state index is 17.2. The second-order valence-electron chi connectivity index (χ2n) is 15.6. The molecule has 0 amide bonds. The number of aromatic amines is 1. The van der Waals surface area contributed by atoms with E-state index in [1.54, 1.807) is 12.4 Å². The Morgan fingerprint density at radius 3 is 2.88 bits per heavy atom. The van der Waals surface area contributed by atoms with Crippen LogP contribution in [0.3, 0.4) is 0 Å². The van der Waals surface area contributed by atoms with Crippen molar-refractivity contribution in [3.05, 3.63) is 35.7 Å². The SMILES string of the molecule is OC12COC[C@@H]3C[C@@H]3c3c(F)cc4[nH]ncc4c3-c3ncc4c(nc(OCC56CCCN5C[C@H](F)C6)nc4c3F)N3CCCC(C3)(C1)C2. The van der Waals surface area contributed by atoms with E-state index in [1.165, 1.54) is 6.07 Å². The molecule has 1 aromatic carbocycles. The summed E-state index contributed by atoms with van der Waals surface area (Å²) in [6, 6.07) is 1.44. The van der Waals surface area contributed by atoms with Gasteiger partial charge in [-0.1, -0.05) is 0 Å². The van der Waals surface area contributed by atoms with Gasteiger partial charge in [0.1, 0.15) is 35.6 Å². The predicted octanol–water partition coefficient (Wildman–Crippen LogP) is 5.05. The van der Waals surface area contributed by atoms with Gasteiger partial charge in [0, 0.05) is 48.8 Å². The van der Waals surface area contributed by atoms with E-state index in [4.69, 9.17) is 14.5 Å². The third kappa shape index (κ3) is 4.42. The van der Waals surface area contributed by atoms with Gasteiger partial charge >= 0.3 is 6.01 Å². The number of alkyl halides is 1. The summed E-state index contributed by atoms with van der Waals surface area (Å²) in [5, 5.41) is 19.4. The minimum Gasteiger partial charge on any atom is -0.461 e. The maximum Gasteiger partial charge on any atom is 0.319 e. The molecule has 8 aliphatic rings. The monoisotopic (exact) mass is 661 g/mol. The molecule has 1 unspecified atom stereocenters. The number of aromatic nitrogens is 5. The fourth-order valence-corrected chi connectivity index (χ4v) is 10.2. The fourth-order valence-electron chi connectivity index (χ4n) is 10.2. The number of hydrogen-bond acceptors (Lipinski definition) is 9. The van der Waals surface area contributed by atoms with Crippen LogP contribution in [0.5, 0.6) is 6.01 Å². The van der Waals surface area contributed by atoms with Crippen molar-refractivity contribution in [1.82, 2.24) is 30.0 Å². The number of rotatable bonds is 3. The first-order valence-electron chi connectivity index (χ1n) is 17.3. The third-order valence-electron chi connectivity index (χ3n) is 12.2. The van der Waals surface area contributed by atoms with Crippen LogP contribution in [0.4, 0.5) is 19.0 Å². The number of aliphatic hydroxyl groups is 1. The van der Waals surface area contributed by atoms with E-state index >= 15 is 8.78 Å². The summed E-state index contributed by atoms with van der Waals surface area (Å²) in [5.41, 5.74) is -0.221. The first-order chi connectivity index (χ1) is 23.2. The highest BCUT2D eigenvalue weighted by molar-refractivity contribution is 5.99. The zero-order valence-corrected chi connectivity index (χ0v) is 26.7. The summed E-state index contributed by atoms with van der Waals surface area (Å²) < 4.78 is 60.1. The average Bonchev–Trinajstić information content (AvgIpc) is 3.31. The molecular weight excluding hydrogens is 623 g/mol. The molecule has 9 heterocycles. The molecule has 48 heavy (non-hydrogen) atoms. The summed E-state index contributed by atoms with van der Waals surface area (Å²) in [6.45, 7) is 3.38. The quantitative estimate of drug-likeness (QED) is 0.312. The van der Waals surface area contributed by atoms with Crippen LogP contribution in [-0.2, 0) is 4.74 Å². The molecule has 4 atom stereocenters. The number of piperidine rings is 1. The van der Waals surface area contributed by atoms with Gasteiger partial charge in [-0.2, -0.15) is 15.1 Å². The largest absolute Gasteiger partial charge is 0.461 e. The number of hydrogen-bond donors (Lipinski definition) is 2. The van der Waals surface area contributed by atoms with Crippen molar-refractivity contribution in [3.63, 3.8) is 0 Å². The van der Waals surface area contributed by atoms with Crippen molar-refractivity contribution in [2.75, 3.05) is 50.9 Å². The topological polar surface area (TPSA) is 113 Å². The third-order valence-corrected chi connectivity index (χ3v) is 12.2. The van der Waals surface area contributed by atoms with Crippen LogP contribution in [0.15, 0.2) is 18.5 Å². The maximum absolute atomic E-state index is 17.2. The van der Waals surface area contributed by atoms with Crippen LogP contribution < -0.4 is 9.64 Å². The lowest BCUT2D eigenvalue weighted by Gasteiger charge is -2.57. The van der Waals surface area contributed by atoms with Crippen molar-refractivity contribution >= 4 is 27.6 Å². The summed E-state index contributed by atoms with van der Waals surface area (Å²) in [6.07, 6.45) is 8.20. The van der Waals surface area contributed by atoms with Gasteiger partial charge < -0.3 is 19.5 Å². The Morgan fingerprint density at radius 2 is 1.98 bits per heavy atom. The molecule has 6 aliphatic heterocycles. The molecule has 4 aromatic rings. The van der Waals surface area contributed by atoms with Crippen LogP contribution in [0, 0.1) is 23.0 Å². The molecule has 13 heteroatoms. The van der Waals surface area contributed by atoms with E-state index in [0.717, 1.165) is 32.2 Å². The predicted molar refractivity (Wildman–Crippen MR) is 171 cm³/mol. The van der Waals surface area contributed by atoms with Crippen LogP contribution in [-0.4, -0.2) is 98.5 Å². The number of halogens is 3. The molecule has 7 bridgehead atoms. The Labute approximate surface area is 275 Å². The number of nitrogens with one attached hydrogen (secondary N) is 1. The summed E-state index contributed by atoms with van der Waals surface area (Å²) in [4.78, 5) is 18.5. The Hall–Kier alpha value is -3.55. The van der Waals surface area contributed by atoms with Gasteiger partial charge in [0.2, 0.25) is 0 Å². The zero-order valence-electron chi connectivity index (χ0n) is 26.7. The molecule has 2 N–H and O–H groups in total. The van der Waals surface area contributed by atoms with Crippen molar-refractivity contribution in [1.29, 1.82) is 0 Å². The Kier molecular flexibility index (Phi) is 6.27. The van der Waals surface area contributed by atoms with Gasteiger partial charge in [-0.3, -0.25) is 15.0 Å². The van der Waals surface area contributed by atoms with Crippen LogP contribution in [0.1, 0.15) is 62.8 Å². The molecule has 2 saturated carbocycles. The zero-order chi connectivity index (χ0) is 32.4. The smallest absolute Gasteiger partial charge is 0.319 e. The normalized spacial score (nSPS) is 34.2. The van der Waals surface area contributed by atoms with Crippen molar-refractivity contribution in [2.45, 2.75) is 74.6 Å². The first kappa shape index (κ1) is 29.4. The Morgan fingerprint density at radius 1 is 1.10 bits per heavy atom. The Bertz CT molecular complexity index is 1970. The molecule has 3 aromatic heterocycles. The number of fused-ring (bicyclic) bond motifs is 2. The highest BCUT2D eigenvalue weighted by Crippen LogP contribution is 2.56. The minimum atomic E-state index is -0.917. The van der Waals surface area contributed by atoms with Crippen molar-refractivity contribution in [2.24, 2.45) is 11.3 Å². The lowest BCUT2D eigenvalue weighted by Crippen LogP contribution is -2.60. The molecule has 12 rings (SSSR count). The summed E-state index contributed by atoms with van der Waals surface area (Å²) in [7, 11) is 0. The second kappa shape index (κ2) is 10.2. The molecule has 5 fully saturated rings. The average molecular weight is 662 g/mol. The lowest BCUT2D eigenvalue weighted by atomic mass is 9.56. The summed E-state index contributed by atoms with van der Waals surface area (Å²) >= 11 is 0. The van der Waals surface area contributed by atoms with Gasteiger partial charge in [-0.15, -0.1) is 0 Å². The van der Waals surface area contributed by atoms with Gasteiger partial charge in [-0.05, 0) is 74.8 Å². The lowest BCUT2D eigenvalue weighted by molar-refractivity contribution is -0.168. The van der Waals surface area contributed by atoms with Gasteiger partial charge in [-0.25, -0.2) is 13.2 Å². The highest BCUT2D eigenvalue weighted by Gasteiger charge is 2.56. The van der Waals surface area contributed by atoms with Crippen LogP contribution in [0.2, 0.25) is 0 Å².